The number of anilines is 1. The van der Waals surface area contributed by atoms with Crippen LogP contribution in [-0.2, 0) is 16.3 Å². The van der Waals surface area contributed by atoms with Gasteiger partial charge in [0.2, 0.25) is 0 Å². The van der Waals surface area contributed by atoms with Crippen molar-refractivity contribution in [3.8, 4) is 5.75 Å². The predicted molar refractivity (Wildman–Crippen MR) is 82.5 cm³/mol. The smallest absolute Gasteiger partial charge is 0.183 e. The quantitative estimate of drug-likeness (QED) is 0.882. The van der Waals surface area contributed by atoms with Gasteiger partial charge < -0.3 is 10.5 Å². The zero-order chi connectivity index (χ0) is 15.0. The molecular weight excluding hydrogens is 310 g/mol. The fraction of sp³-hybridized carbons (Fsp3) is 0.200. The van der Waals surface area contributed by atoms with Crippen LogP contribution in [0.3, 0.4) is 0 Å². The van der Waals surface area contributed by atoms with Crippen molar-refractivity contribution in [3.63, 3.8) is 0 Å². The van der Waals surface area contributed by atoms with Crippen LogP contribution >= 0.6 is 11.6 Å². The number of rotatable bonds is 3. The molecule has 3 rings (SSSR count). The Hall–Kier alpha value is -1.72. The van der Waals surface area contributed by atoms with Crippen LogP contribution in [0.5, 0.6) is 5.75 Å². The van der Waals surface area contributed by atoms with Crippen molar-refractivity contribution in [3.05, 3.63) is 53.1 Å². The van der Waals surface area contributed by atoms with E-state index >= 15 is 0 Å². The van der Waals surface area contributed by atoms with Crippen LogP contribution < -0.4 is 10.5 Å². The highest BCUT2D eigenvalue weighted by molar-refractivity contribution is 7.91. The zero-order valence-corrected chi connectivity index (χ0v) is 12.7. The summed E-state index contributed by atoms with van der Waals surface area (Å²) in [5, 5.41) is 0.180. The number of hydrogen-bond acceptors (Lipinski definition) is 4. The average molecular weight is 324 g/mol. The molecule has 0 saturated carbocycles. The van der Waals surface area contributed by atoms with Crippen molar-refractivity contribution < 1.29 is 13.2 Å². The molecule has 110 valence electrons. The van der Waals surface area contributed by atoms with Gasteiger partial charge in [0.25, 0.3) is 0 Å². The van der Waals surface area contributed by atoms with Gasteiger partial charge in [-0.3, -0.25) is 0 Å². The fourth-order valence-electron chi connectivity index (χ4n) is 2.44. The van der Waals surface area contributed by atoms with Gasteiger partial charge in [0.05, 0.1) is 15.7 Å². The number of nitrogen functional groups attached to an aromatic ring is 1. The maximum atomic E-state index is 12.5. The van der Waals surface area contributed by atoms with Gasteiger partial charge in [0, 0.05) is 12.1 Å². The largest absolute Gasteiger partial charge is 0.489 e. The van der Waals surface area contributed by atoms with Crippen molar-refractivity contribution in [2.45, 2.75) is 17.4 Å². The number of hydrogen-bond donors (Lipinski definition) is 1. The summed E-state index contributed by atoms with van der Waals surface area (Å²) in [7, 11) is -3.55. The first-order chi connectivity index (χ1) is 9.95. The van der Waals surface area contributed by atoms with Crippen LogP contribution in [0, 0.1) is 0 Å². The summed E-state index contributed by atoms with van der Waals surface area (Å²) in [5.41, 5.74) is 7.04. The Balaban J connectivity index is 1.84. The first kappa shape index (κ1) is 14.2. The maximum Gasteiger partial charge on any atom is 0.183 e. The molecule has 6 heteroatoms. The standard InChI is InChI=1S/C15H14ClNO3S/c16-13-6-5-11(17)8-15(13)21(18,19)9-12-7-10-3-1-2-4-14(10)20-12/h1-6,8,12H,7,9,17H2. The molecule has 21 heavy (non-hydrogen) atoms. The lowest BCUT2D eigenvalue weighted by atomic mass is 10.1. The lowest BCUT2D eigenvalue weighted by Crippen LogP contribution is -2.25. The summed E-state index contributed by atoms with van der Waals surface area (Å²) in [4.78, 5) is 0.0590. The van der Waals surface area contributed by atoms with Gasteiger partial charge >= 0.3 is 0 Å². The monoisotopic (exact) mass is 323 g/mol. The van der Waals surface area contributed by atoms with E-state index in [9.17, 15) is 8.42 Å². The van der Waals surface area contributed by atoms with Gasteiger partial charge in [-0.15, -0.1) is 0 Å². The summed E-state index contributed by atoms with van der Waals surface area (Å²) in [6.07, 6.45) is 0.180. The number of halogens is 1. The molecule has 0 aliphatic carbocycles. The van der Waals surface area contributed by atoms with Gasteiger partial charge in [0.15, 0.2) is 9.84 Å². The number of fused-ring (bicyclic) bond motifs is 1. The van der Waals surface area contributed by atoms with Crippen LogP contribution in [0.15, 0.2) is 47.4 Å². The summed E-state index contributed by atoms with van der Waals surface area (Å²) >= 11 is 5.98. The molecule has 2 N–H and O–H groups in total. The van der Waals surface area contributed by atoms with Gasteiger partial charge in [-0.2, -0.15) is 0 Å². The molecule has 0 saturated heterocycles. The first-order valence-electron chi connectivity index (χ1n) is 6.48. The van der Waals surface area contributed by atoms with E-state index in [1.807, 2.05) is 24.3 Å². The van der Waals surface area contributed by atoms with E-state index in [-0.39, 0.29) is 15.7 Å². The highest BCUT2D eigenvalue weighted by Gasteiger charge is 2.29. The second-order valence-corrected chi connectivity index (χ2v) is 7.43. The van der Waals surface area contributed by atoms with Crippen LogP contribution in [0.25, 0.3) is 0 Å². The number of sulfone groups is 1. The highest BCUT2D eigenvalue weighted by atomic mass is 35.5. The molecular formula is C15H14ClNO3S. The van der Waals surface area contributed by atoms with Crippen molar-refractivity contribution in [2.75, 3.05) is 11.5 Å². The number of nitrogens with two attached hydrogens (primary N) is 1. The Kier molecular flexibility index (Phi) is 3.55. The molecule has 0 fully saturated rings. The van der Waals surface area contributed by atoms with E-state index in [4.69, 9.17) is 22.1 Å². The molecule has 1 aliphatic heterocycles. The highest BCUT2D eigenvalue weighted by Crippen LogP contribution is 2.31. The predicted octanol–water partition coefficient (Wildman–Crippen LogP) is 2.70. The number of para-hydroxylation sites is 1. The minimum absolute atomic E-state index is 0.0590. The second-order valence-electron chi connectivity index (χ2n) is 5.02. The fourth-order valence-corrected chi connectivity index (χ4v) is 4.45. The molecule has 1 heterocycles. The van der Waals surface area contributed by atoms with Crippen LogP contribution in [0.4, 0.5) is 5.69 Å². The molecule has 2 aromatic rings. The van der Waals surface area contributed by atoms with E-state index in [0.717, 1.165) is 11.3 Å². The second kappa shape index (κ2) is 5.24. The van der Waals surface area contributed by atoms with Gasteiger partial charge in [-0.25, -0.2) is 8.42 Å². The Morgan fingerprint density at radius 1 is 1.24 bits per heavy atom. The van der Waals surface area contributed by atoms with Crippen molar-refractivity contribution in [1.29, 1.82) is 0 Å². The first-order valence-corrected chi connectivity index (χ1v) is 8.51. The van der Waals surface area contributed by atoms with Crippen LogP contribution in [-0.4, -0.2) is 20.3 Å². The summed E-state index contributed by atoms with van der Waals surface area (Å²) < 4.78 is 30.7. The van der Waals surface area contributed by atoms with E-state index in [1.165, 1.54) is 12.1 Å². The molecule has 1 aliphatic rings. The topological polar surface area (TPSA) is 69.4 Å². The van der Waals surface area contributed by atoms with E-state index < -0.39 is 15.9 Å². The molecule has 0 bridgehead atoms. The third kappa shape index (κ3) is 2.84. The molecule has 0 spiro atoms. The Morgan fingerprint density at radius 3 is 2.76 bits per heavy atom. The van der Waals surface area contributed by atoms with E-state index in [2.05, 4.69) is 0 Å². The van der Waals surface area contributed by atoms with Crippen molar-refractivity contribution in [2.24, 2.45) is 0 Å². The number of ether oxygens (including phenoxy) is 1. The third-order valence-corrected chi connectivity index (χ3v) is 5.67. The Morgan fingerprint density at radius 2 is 2.00 bits per heavy atom. The maximum absolute atomic E-state index is 12.5. The Labute approximate surface area is 128 Å². The lowest BCUT2D eigenvalue weighted by Gasteiger charge is -2.12. The van der Waals surface area contributed by atoms with Crippen LogP contribution in [0.2, 0.25) is 5.02 Å². The summed E-state index contributed by atoms with van der Waals surface area (Å²) in [6, 6.07) is 12.0. The molecule has 4 nitrogen and oxygen atoms in total. The van der Waals surface area contributed by atoms with E-state index in [1.54, 1.807) is 6.07 Å². The van der Waals surface area contributed by atoms with Crippen LogP contribution in [0.1, 0.15) is 5.56 Å². The average Bonchev–Trinajstić information content (AvgIpc) is 2.82. The minimum Gasteiger partial charge on any atom is -0.489 e. The van der Waals surface area contributed by atoms with Crippen molar-refractivity contribution in [1.82, 2.24) is 0 Å². The summed E-state index contributed by atoms with van der Waals surface area (Å²) in [5.74, 6) is 0.626. The third-order valence-electron chi connectivity index (χ3n) is 3.41. The summed E-state index contributed by atoms with van der Waals surface area (Å²) in [6.45, 7) is 0. The molecule has 0 aromatic heterocycles. The van der Waals surface area contributed by atoms with E-state index in [0.29, 0.717) is 12.1 Å². The molecule has 1 atom stereocenters. The molecule has 0 radical (unpaired) electrons. The minimum atomic E-state index is -3.55. The molecule has 0 amide bonds. The normalized spacial score (nSPS) is 17.3. The SMILES string of the molecule is Nc1ccc(Cl)c(S(=O)(=O)CC2Cc3ccccc3O2)c1. The molecule has 2 aromatic carbocycles. The Bertz CT molecular complexity index is 764. The van der Waals surface area contributed by atoms with Crippen molar-refractivity contribution >= 4 is 27.1 Å². The van der Waals surface area contributed by atoms with Gasteiger partial charge in [0.1, 0.15) is 11.9 Å². The number of benzene rings is 2. The lowest BCUT2D eigenvalue weighted by molar-refractivity contribution is 0.256. The zero-order valence-electron chi connectivity index (χ0n) is 11.1. The molecule has 1 unspecified atom stereocenters. The van der Waals surface area contributed by atoms with Gasteiger partial charge in [-0.05, 0) is 29.8 Å². The van der Waals surface area contributed by atoms with Gasteiger partial charge in [-0.1, -0.05) is 29.8 Å².